The molecule has 0 saturated carbocycles. The van der Waals surface area contributed by atoms with Gasteiger partial charge in [-0.05, 0) is 31.2 Å². The van der Waals surface area contributed by atoms with Gasteiger partial charge in [-0.2, -0.15) is 0 Å². The highest BCUT2D eigenvalue weighted by molar-refractivity contribution is 5.97. The number of benzene rings is 1. The molecule has 1 aromatic carbocycles. The Labute approximate surface area is 101 Å². The molecule has 1 aromatic rings. The van der Waals surface area contributed by atoms with Crippen LogP contribution in [0.2, 0.25) is 0 Å². The van der Waals surface area contributed by atoms with Gasteiger partial charge in [-0.3, -0.25) is 0 Å². The summed E-state index contributed by atoms with van der Waals surface area (Å²) in [5.41, 5.74) is 6.11. The van der Waals surface area contributed by atoms with Crippen LogP contribution < -0.4 is 10.5 Å². The topological polar surface area (TPSA) is 77.1 Å². The summed E-state index contributed by atoms with van der Waals surface area (Å²) >= 11 is 0. The fourth-order valence-corrected chi connectivity index (χ4v) is 1.34. The molecule has 94 valence electrons. The van der Waals surface area contributed by atoms with Crippen LogP contribution >= 0.6 is 0 Å². The molecule has 0 fully saturated rings. The van der Waals surface area contributed by atoms with E-state index in [1.807, 2.05) is 6.92 Å². The number of oxime groups is 1. The van der Waals surface area contributed by atoms with Crippen LogP contribution in [0.25, 0.3) is 0 Å². The summed E-state index contributed by atoms with van der Waals surface area (Å²) in [7, 11) is 1.67. The van der Waals surface area contributed by atoms with Crippen LogP contribution in [0.5, 0.6) is 5.75 Å². The van der Waals surface area contributed by atoms with Crippen molar-refractivity contribution in [3.63, 3.8) is 0 Å². The van der Waals surface area contributed by atoms with Crippen molar-refractivity contribution in [3.8, 4) is 5.75 Å². The zero-order valence-electron chi connectivity index (χ0n) is 10.1. The predicted molar refractivity (Wildman–Crippen MR) is 65.5 cm³/mol. The van der Waals surface area contributed by atoms with Crippen molar-refractivity contribution in [1.82, 2.24) is 0 Å². The van der Waals surface area contributed by atoms with E-state index in [1.165, 1.54) is 0 Å². The molecule has 0 radical (unpaired) electrons. The maximum atomic E-state index is 8.52. The molecule has 1 unspecified atom stereocenters. The van der Waals surface area contributed by atoms with Crippen LogP contribution in [-0.2, 0) is 4.74 Å². The number of nitrogens with zero attached hydrogens (tertiary/aromatic N) is 1. The van der Waals surface area contributed by atoms with Crippen LogP contribution in [-0.4, -0.2) is 30.9 Å². The summed E-state index contributed by atoms with van der Waals surface area (Å²) in [6.07, 6.45) is 0.919. The van der Waals surface area contributed by atoms with Gasteiger partial charge in [-0.25, -0.2) is 0 Å². The minimum absolute atomic E-state index is 0.0870. The highest BCUT2D eigenvalue weighted by Gasteiger charge is 2.04. The molecule has 5 heteroatoms. The third-order valence-electron chi connectivity index (χ3n) is 2.32. The summed E-state index contributed by atoms with van der Waals surface area (Å²) in [5, 5.41) is 11.4. The number of nitrogens with two attached hydrogens (primary N) is 1. The Morgan fingerprint density at radius 2 is 2.06 bits per heavy atom. The maximum Gasteiger partial charge on any atom is 0.170 e. The van der Waals surface area contributed by atoms with E-state index in [2.05, 4.69) is 5.16 Å². The molecule has 5 nitrogen and oxygen atoms in total. The van der Waals surface area contributed by atoms with Crippen molar-refractivity contribution in [3.05, 3.63) is 29.8 Å². The van der Waals surface area contributed by atoms with Gasteiger partial charge < -0.3 is 20.4 Å². The normalized spacial score (nSPS) is 13.4. The summed E-state index contributed by atoms with van der Waals surface area (Å²) in [5.74, 6) is 0.840. The average molecular weight is 238 g/mol. The molecular weight excluding hydrogens is 220 g/mol. The standard InChI is InChI=1S/C12H18N2O3/c1-9(7-8-16-2)17-11-5-3-10(4-6-11)12(13)14-15/h3-6,9,15H,7-8H2,1-2H3,(H2,13,14). The van der Waals surface area contributed by atoms with Crippen LogP contribution in [0.15, 0.2) is 29.4 Å². The molecule has 0 aliphatic carbocycles. The Bertz CT molecular complexity index is 363. The van der Waals surface area contributed by atoms with Crippen molar-refractivity contribution in [2.24, 2.45) is 10.9 Å². The van der Waals surface area contributed by atoms with Crippen LogP contribution in [0.3, 0.4) is 0 Å². The lowest BCUT2D eigenvalue weighted by Gasteiger charge is -2.14. The second-order valence-corrected chi connectivity index (χ2v) is 3.72. The van der Waals surface area contributed by atoms with Gasteiger partial charge in [-0.1, -0.05) is 5.16 Å². The minimum atomic E-state index is 0.0870. The number of methoxy groups -OCH3 is 1. The lowest BCUT2D eigenvalue weighted by atomic mass is 10.2. The largest absolute Gasteiger partial charge is 0.491 e. The van der Waals surface area contributed by atoms with Crippen molar-refractivity contribution in [1.29, 1.82) is 0 Å². The quantitative estimate of drug-likeness (QED) is 0.341. The van der Waals surface area contributed by atoms with E-state index >= 15 is 0 Å². The van der Waals surface area contributed by atoms with Gasteiger partial charge in [0, 0.05) is 25.7 Å². The second-order valence-electron chi connectivity index (χ2n) is 3.72. The van der Waals surface area contributed by atoms with E-state index in [-0.39, 0.29) is 11.9 Å². The summed E-state index contributed by atoms with van der Waals surface area (Å²) in [6.45, 7) is 2.65. The van der Waals surface area contributed by atoms with Gasteiger partial charge in [0.15, 0.2) is 5.84 Å². The van der Waals surface area contributed by atoms with E-state index in [4.69, 9.17) is 20.4 Å². The monoisotopic (exact) mass is 238 g/mol. The molecule has 0 saturated heterocycles. The number of ether oxygens (including phenoxy) is 2. The molecule has 17 heavy (non-hydrogen) atoms. The van der Waals surface area contributed by atoms with Crippen LogP contribution in [0.4, 0.5) is 0 Å². The number of hydrogen-bond donors (Lipinski definition) is 2. The van der Waals surface area contributed by atoms with Crippen molar-refractivity contribution < 1.29 is 14.7 Å². The number of hydrogen-bond acceptors (Lipinski definition) is 4. The van der Waals surface area contributed by atoms with Gasteiger partial charge in [0.1, 0.15) is 5.75 Å². The van der Waals surface area contributed by atoms with Crippen LogP contribution in [0.1, 0.15) is 18.9 Å². The SMILES string of the molecule is COCCC(C)Oc1ccc(/C(N)=N/O)cc1. The zero-order valence-corrected chi connectivity index (χ0v) is 10.1. The van der Waals surface area contributed by atoms with Gasteiger partial charge in [0.05, 0.1) is 6.10 Å². The van der Waals surface area contributed by atoms with Crippen molar-refractivity contribution >= 4 is 5.84 Å². The molecule has 1 atom stereocenters. The maximum absolute atomic E-state index is 8.52. The Morgan fingerprint density at radius 1 is 1.41 bits per heavy atom. The zero-order chi connectivity index (χ0) is 12.7. The first kappa shape index (κ1) is 13.3. The molecule has 0 aliphatic heterocycles. The molecule has 0 aliphatic rings. The molecule has 1 rings (SSSR count). The van der Waals surface area contributed by atoms with Crippen LogP contribution in [0, 0.1) is 0 Å². The Kier molecular flexibility index (Phi) is 5.29. The van der Waals surface area contributed by atoms with Crippen molar-refractivity contribution in [2.45, 2.75) is 19.4 Å². The van der Waals surface area contributed by atoms with Gasteiger partial charge in [0.2, 0.25) is 0 Å². The first-order chi connectivity index (χ1) is 8.17. The number of rotatable bonds is 6. The lowest BCUT2D eigenvalue weighted by molar-refractivity contribution is 0.135. The molecule has 0 spiro atoms. The predicted octanol–water partition coefficient (Wildman–Crippen LogP) is 1.58. The van der Waals surface area contributed by atoms with E-state index in [0.717, 1.165) is 12.2 Å². The van der Waals surface area contributed by atoms with Gasteiger partial charge in [0.25, 0.3) is 0 Å². The Morgan fingerprint density at radius 3 is 2.59 bits per heavy atom. The first-order valence-corrected chi connectivity index (χ1v) is 5.41. The molecular formula is C12H18N2O3. The minimum Gasteiger partial charge on any atom is -0.491 e. The Hall–Kier alpha value is -1.75. The lowest BCUT2D eigenvalue weighted by Crippen LogP contribution is -2.15. The molecule has 0 amide bonds. The van der Waals surface area contributed by atoms with E-state index in [1.54, 1.807) is 31.4 Å². The van der Waals surface area contributed by atoms with E-state index < -0.39 is 0 Å². The smallest absolute Gasteiger partial charge is 0.170 e. The molecule has 0 bridgehead atoms. The third-order valence-corrected chi connectivity index (χ3v) is 2.32. The fraction of sp³-hybridized carbons (Fsp3) is 0.417. The van der Waals surface area contributed by atoms with Crippen molar-refractivity contribution in [2.75, 3.05) is 13.7 Å². The van der Waals surface area contributed by atoms with E-state index in [9.17, 15) is 0 Å². The Balaban J connectivity index is 2.56. The number of amidine groups is 1. The molecule has 0 aromatic heterocycles. The fourth-order valence-electron chi connectivity index (χ4n) is 1.34. The highest BCUT2D eigenvalue weighted by atomic mass is 16.5. The summed E-state index contributed by atoms with van der Waals surface area (Å²) < 4.78 is 10.6. The first-order valence-electron chi connectivity index (χ1n) is 5.41. The van der Waals surface area contributed by atoms with E-state index in [0.29, 0.717) is 12.2 Å². The molecule has 3 N–H and O–H groups in total. The summed E-state index contributed by atoms with van der Waals surface area (Å²) in [4.78, 5) is 0. The highest BCUT2D eigenvalue weighted by Crippen LogP contribution is 2.14. The third kappa shape index (κ3) is 4.32. The second kappa shape index (κ2) is 6.75. The summed E-state index contributed by atoms with van der Waals surface area (Å²) in [6, 6.07) is 7.06. The van der Waals surface area contributed by atoms with Gasteiger partial charge in [-0.15, -0.1) is 0 Å². The van der Waals surface area contributed by atoms with Gasteiger partial charge >= 0.3 is 0 Å². The average Bonchev–Trinajstić information content (AvgIpc) is 2.36. The molecule has 0 heterocycles.